The van der Waals surface area contributed by atoms with Crippen molar-refractivity contribution in [2.45, 2.75) is 38.3 Å². The average Bonchev–Trinajstić information content (AvgIpc) is 2.79. The molecule has 0 radical (unpaired) electrons. The highest BCUT2D eigenvalue weighted by Crippen LogP contribution is 2.14. The van der Waals surface area contributed by atoms with Crippen LogP contribution in [-0.2, 0) is 16.0 Å². The number of amides is 2. The molecule has 1 aliphatic heterocycles. The minimum Gasteiger partial charge on any atom is -0.444 e. The van der Waals surface area contributed by atoms with Crippen LogP contribution in [0.25, 0.3) is 0 Å². The smallest absolute Gasteiger partial charge is 0.418 e. The molecule has 1 aliphatic rings. The van der Waals surface area contributed by atoms with E-state index in [1.54, 1.807) is 0 Å². The topological polar surface area (TPSA) is 66.8 Å². The number of aliphatic hydroxyl groups excluding tert-OH is 1. The Morgan fingerprint density at radius 3 is 2.65 bits per heavy atom. The Bertz CT molecular complexity index is 460. The van der Waals surface area contributed by atoms with Gasteiger partial charge in [-0.15, -0.1) is 0 Å². The highest BCUT2D eigenvalue weighted by molar-refractivity contribution is 5.93. The van der Waals surface area contributed by atoms with Gasteiger partial charge in [0.15, 0.2) is 6.23 Å². The van der Waals surface area contributed by atoms with Crippen LogP contribution in [-0.4, -0.2) is 34.8 Å². The lowest BCUT2D eigenvalue weighted by Crippen LogP contribution is -2.38. The van der Waals surface area contributed by atoms with Crippen LogP contribution < -0.4 is 0 Å². The first-order valence-corrected chi connectivity index (χ1v) is 6.89. The lowest BCUT2D eigenvalue weighted by atomic mass is 10.1. The molecule has 108 valence electrons. The second-order valence-corrected chi connectivity index (χ2v) is 4.87. The van der Waals surface area contributed by atoms with Crippen LogP contribution in [0.15, 0.2) is 30.3 Å². The van der Waals surface area contributed by atoms with Gasteiger partial charge in [-0.1, -0.05) is 36.8 Å². The van der Waals surface area contributed by atoms with E-state index in [1.165, 1.54) is 5.56 Å². The van der Waals surface area contributed by atoms with Crippen molar-refractivity contribution in [2.24, 2.45) is 0 Å². The second-order valence-electron chi connectivity index (χ2n) is 4.87. The molecule has 0 bridgehead atoms. The minimum absolute atomic E-state index is 0.126. The van der Waals surface area contributed by atoms with Crippen LogP contribution in [0.4, 0.5) is 4.79 Å². The molecule has 1 aromatic carbocycles. The number of aryl methyl sites for hydroxylation is 1. The molecular weight excluding hydrogens is 258 g/mol. The molecule has 0 aliphatic carbocycles. The Balaban J connectivity index is 1.64. The van der Waals surface area contributed by atoms with E-state index in [2.05, 4.69) is 16.9 Å². The van der Waals surface area contributed by atoms with Gasteiger partial charge in [0.2, 0.25) is 5.91 Å². The molecule has 20 heavy (non-hydrogen) atoms. The van der Waals surface area contributed by atoms with Gasteiger partial charge >= 0.3 is 6.09 Å². The molecule has 1 unspecified atom stereocenters. The van der Waals surface area contributed by atoms with Gasteiger partial charge in [0.1, 0.15) is 6.61 Å². The predicted molar refractivity (Wildman–Crippen MR) is 72.8 cm³/mol. The number of hydrogen-bond donors (Lipinski definition) is 1. The zero-order valence-electron chi connectivity index (χ0n) is 11.3. The summed E-state index contributed by atoms with van der Waals surface area (Å²) >= 11 is 0. The Labute approximate surface area is 118 Å². The SMILES string of the molecule is O=C(CCCCCc1ccccc1)N1C(=O)OCC1O. The standard InChI is InChI=1S/C15H19NO4/c17-13(16-14(18)11-20-15(16)19)10-6-2-5-9-12-7-3-1-4-8-12/h1,3-4,7-8,14,18H,2,5-6,9-11H2. The van der Waals surface area contributed by atoms with Crippen LogP contribution in [0.3, 0.4) is 0 Å². The Kier molecular flexibility index (Phi) is 5.12. The highest BCUT2D eigenvalue weighted by atomic mass is 16.6. The fraction of sp³-hybridized carbons (Fsp3) is 0.467. The molecular formula is C15H19NO4. The van der Waals surface area contributed by atoms with Crippen LogP contribution >= 0.6 is 0 Å². The molecule has 0 aromatic heterocycles. The average molecular weight is 277 g/mol. The van der Waals surface area contributed by atoms with Crippen molar-refractivity contribution in [2.75, 3.05) is 6.61 Å². The number of cyclic esters (lactones) is 1. The van der Waals surface area contributed by atoms with Crippen LogP contribution in [0.1, 0.15) is 31.2 Å². The number of imide groups is 1. The molecule has 0 spiro atoms. The Morgan fingerprint density at radius 1 is 1.25 bits per heavy atom. The summed E-state index contributed by atoms with van der Waals surface area (Å²) in [6.45, 7) is -0.126. The molecule has 2 amide bonds. The van der Waals surface area contributed by atoms with Crippen molar-refractivity contribution in [3.05, 3.63) is 35.9 Å². The largest absolute Gasteiger partial charge is 0.444 e. The van der Waals surface area contributed by atoms with Crippen LogP contribution in [0, 0.1) is 0 Å². The van der Waals surface area contributed by atoms with Crippen molar-refractivity contribution >= 4 is 12.0 Å². The Morgan fingerprint density at radius 2 is 2.00 bits per heavy atom. The molecule has 5 heteroatoms. The first-order chi connectivity index (χ1) is 9.68. The number of unbranched alkanes of at least 4 members (excludes halogenated alkanes) is 2. The first kappa shape index (κ1) is 14.5. The second kappa shape index (κ2) is 7.05. The van der Waals surface area contributed by atoms with Crippen molar-refractivity contribution in [3.8, 4) is 0 Å². The molecule has 0 saturated carbocycles. The van der Waals surface area contributed by atoms with E-state index in [1.807, 2.05) is 18.2 Å². The van der Waals surface area contributed by atoms with Gasteiger partial charge < -0.3 is 9.84 Å². The van der Waals surface area contributed by atoms with E-state index in [0.717, 1.165) is 24.2 Å². The van der Waals surface area contributed by atoms with Gasteiger partial charge in [0.05, 0.1) is 0 Å². The number of benzene rings is 1. The highest BCUT2D eigenvalue weighted by Gasteiger charge is 2.35. The number of hydrogen-bond acceptors (Lipinski definition) is 4. The van der Waals surface area contributed by atoms with Crippen molar-refractivity contribution in [1.29, 1.82) is 0 Å². The van der Waals surface area contributed by atoms with E-state index >= 15 is 0 Å². The normalized spacial score (nSPS) is 18.1. The number of nitrogens with zero attached hydrogens (tertiary/aromatic N) is 1. The van der Waals surface area contributed by atoms with E-state index in [-0.39, 0.29) is 18.9 Å². The summed E-state index contributed by atoms with van der Waals surface area (Å²) in [5.41, 5.74) is 1.29. The fourth-order valence-electron chi connectivity index (χ4n) is 2.23. The lowest BCUT2D eigenvalue weighted by molar-refractivity contribution is -0.133. The molecule has 1 saturated heterocycles. The summed E-state index contributed by atoms with van der Waals surface area (Å²) in [5, 5.41) is 9.44. The number of carbonyl (C=O) groups is 2. The molecule has 2 rings (SSSR count). The predicted octanol–water partition coefficient (Wildman–Crippen LogP) is 2.09. The summed E-state index contributed by atoms with van der Waals surface area (Å²) < 4.78 is 4.60. The van der Waals surface area contributed by atoms with Crippen molar-refractivity contribution in [3.63, 3.8) is 0 Å². The minimum atomic E-state index is -1.13. The zero-order valence-corrected chi connectivity index (χ0v) is 11.3. The maximum atomic E-state index is 11.8. The van der Waals surface area contributed by atoms with Crippen molar-refractivity contribution in [1.82, 2.24) is 4.90 Å². The van der Waals surface area contributed by atoms with E-state index < -0.39 is 12.3 Å². The molecule has 1 aromatic rings. The molecule has 1 N–H and O–H groups in total. The first-order valence-electron chi connectivity index (χ1n) is 6.89. The summed E-state index contributed by atoms with van der Waals surface area (Å²) in [4.78, 5) is 23.8. The maximum Gasteiger partial charge on any atom is 0.418 e. The number of carbonyl (C=O) groups excluding carboxylic acids is 2. The lowest BCUT2D eigenvalue weighted by Gasteiger charge is -2.14. The number of ether oxygens (including phenoxy) is 1. The summed E-state index contributed by atoms with van der Waals surface area (Å²) in [6.07, 6.45) is 2.02. The van der Waals surface area contributed by atoms with Gasteiger partial charge in [-0.05, 0) is 24.8 Å². The molecule has 1 heterocycles. The van der Waals surface area contributed by atoms with Gasteiger partial charge in [0, 0.05) is 6.42 Å². The summed E-state index contributed by atoms with van der Waals surface area (Å²) in [7, 11) is 0. The number of rotatable bonds is 6. The third-order valence-corrected chi connectivity index (χ3v) is 3.32. The zero-order chi connectivity index (χ0) is 14.4. The summed E-state index contributed by atoms with van der Waals surface area (Å²) in [5.74, 6) is -0.361. The molecule has 1 fully saturated rings. The van der Waals surface area contributed by atoms with E-state index in [4.69, 9.17) is 0 Å². The van der Waals surface area contributed by atoms with E-state index in [9.17, 15) is 14.7 Å². The maximum absolute atomic E-state index is 11.8. The molecule has 1 atom stereocenters. The molecule has 5 nitrogen and oxygen atoms in total. The quantitative estimate of drug-likeness (QED) is 0.808. The van der Waals surface area contributed by atoms with E-state index in [0.29, 0.717) is 6.42 Å². The van der Waals surface area contributed by atoms with Crippen LogP contribution in [0.2, 0.25) is 0 Å². The summed E-state index contributed by atoms with van der Waals surface area (Å²) in [6, 6.07) is 10.2. The van der Waals surface area contributed by atoms with Gasteiger partial charge in [-0.25, -0.2) is 9.69 Å². The number of aliphatic hydroxyl groups is 1. The monoisotopic (exact) mass is 277 g/mol. The third kappa shape index (κ3) is 3.81. The van der Waals surface area contributed by atoms with Gasteiger partial charge in [-0.2, -0.15) is 0 Å². The van der Waals surface area contributed by atoms with Crippen LogP contribution in [0.5, 0.6) is 0 Å². The van der Waals surface area contributed by atoms with Crippen molar-refractivity contribution < 1.29 is 19.4 Å². The van der Waals surface area contributed by atoms with Gasteiger partial charge in [0.25, 0.3) is 0 Å². The Hall–Kier alpha value is -1.88. The third-order valence-electron chi connectivity index (χ3n) is 3.32. The van der Waals surface area contributed by atoms with Gasteiger partial charge in [-0.3, -0.25) is 4.79 Å². The fourth-order valence-corrected chi connectivity index (χ4v) is 2.23.